The predicted molar refractivity (Wildman–Crippen MR) is 91.4 cm³/mol. The number of hydrogen-bond donors (Lipinski definition) is 2. The quantitative estimate of drug-likeness (QED) is 0.575. The molecule has 0 radical (unpaired) electrons. The Balaban J connectivity index is 4.79. The van der Waals surface area contributed by atoms with Crippen LogP contribution in [-0.2, 0) is 14.3 Å². The molecule has 4 atom stereocenters. The van der Waals surface area contributed by atoms with Gasteiger partial charge in [0.05, 0.1) is 36.6 Å². The summed E-state index contributed by atoms with van der Waals surface area (Å²) in [5.74, 6) is 0.110. The van der Waals surface area contributed by atoms with E-state index in [1.165, 1.54) is 0 Å². The van der Waals surface area contributed by atoms with Crippen LogP contribution in [0.1, 0.15) is 67.7 Å². The van der Waals surface area contributed by atoms with Crippen molar-refractivity contribution in [1.82, 2.24) is 0 Å². The van der Waals surface area contributed by atoms with Gasteiger partial charge in [-0.1, -0.05) is 13.8 Å². The molecule has 5 heteroatoms. The average molecular weight is 332 g/mol. The topological polar surface area (TPSA) is 76.0 Å². The van der Waals surface area contributed by atoms with Crippen molar-refractivity contribution in [3.05, 3.63) is 0 Å². The van der Waals surface area contributed by atoms with Crippen LogP contribution in [0.5, 0.6) is 0 Å². The van der Waals surface area contributed by atoms with Crippen LogP contribution >= 0.6 is 0 Å². The number of carbonyl (C=O) groups excluding carboxylic acids is 1. The summed E-state index contributed by atoms with van der Waals surface area (Å²) in [4.78, 5) is 11.8. The first-order chi connectivity index (χ1) is 10.5. The van der Waals surface area contributed by atoms with Crippen LogP contribution in [0.3, 0.4) is 0 Å². The van der Waals surface area contributed by atoms with E-state index in [9.17, 15) is 15.0 Å². The molecule has 0 saturated heterocycles. The number of ether oxygens (including phenoxy) is 2. The van der Waals surface area contributed by atoms with Gasteiger partial charge in [-0.15, -0.1) is 0 Å². The highest BCUT2D eigenvalue weighted by atomic mass is 16.5. The van der Waals surface area contributed by atoms with Gasteiger partial charge in [0.1, 0.15) is 5.78 Å². The van der Waals surface area contributed by atoms with E-state index in [4.69, 9.17) is 9.47 Å². The first-order valence-corrected chi connectivity index (χ1v) is 8.74. The van der Waals surface area contributed by atoms with Crippen LogP contribution in [-0.4, -0.2) is 52.6 Å². The predicted octanol–water partition coefficient (Wildman–Crippen LogP) is 2.71. The van der Waals surface area contributed by atoms with Gasteiger partial charge in [0.25, 0.3) is 0 Å². The Bertz CT molecular complexity index is 325. The molecule has 138 valence electrons. The third-order valence-corrected chi connectivity index (χ3v) is 3.66. The molecule has 5 nitrogen and oxygen atoms in total. The second kappa shape index (κ2) is 11.1. The van der Waals surface area contributed by atoms with Crippen LogP contribution in [0, 0.1) is 5.92 Å². The van der Waals surface area contributed by atoms with Crippen molar-refractivity contribution in [3.63, 3.8) is 0 Å². The van der Waals surface area contributed by atoms with Gasteiger partial charge >= 0.3 is 0 Å². The molecule has 0 aliphatic rings. The summed E-state index contributed by atoms with van der Waals surface area (Å²) >= 11 is 0. The number of carbonyl (C=O) groups is 1. The van der Waals surface area contributed by atoms with E-state index < -0.39 is 24.4 Å². The van der Waals surface area contributed by atoms with Crippen LogP contribution in [0.2, 0.25) is 0 Å². The third-order valence-electron chi connectivity index (χ3n) is 3.66. The highest BCUT2D eigenvalue weighted by Gasteiger charge is 2.29. The fourth-order valence-corrected chi connectivity index (χ4v) is 2.36. The number of aliphatic hydroxyl groups excluding tert-OH is 2. The van der Waals surface area contributed by atoms with Crippen molar-refractivity contribution in [2.75, 3.05) is 0 Å². The molecule has 0 aliphatic heterocycles. The molecular formula is C18H36O5. The van der Waals surface area contributed by atoms with Gasteiger partial charge in [-0.05, 0) is 41.0 Å². The normalized spacial score (nSPS) is 17.6. The smallest absolute Gasteiger partial charge is 0.135 e. The van der Waals surface area contributed by atoms with Gasteiger partial charge in [0.15, 0.2) is 0 Å². The summed E-state index contributed by atoms with van der Waals surface area (Å²) in [7, 11) is 0. The molecule has 0 bridgehead atoms. The van der Waals surface area contributed by atoms with Crippen LogP contribution in [0.15, 0.2) is 0 Å². The Hall–Kier alpha value is -0.490. The molecule has 0 aromatic carbocycles. The summed E-state index contributed by atoms with van der Waals surface area (Å²) in [5, 5.41) is 20.3. The number of aliphatic hydroxyl groups is 2. The zero-order valence-corrected chi connectivity index (χ0v) is 15.8. The fraction of sp³-hybridized carbons (Fsp3) is 0.944. The average Bonchev–Trinajstić information content (AvgIpc) is 2.41. The highest BCUT2D eigenvalue weighted by Crippen LogP contribution is 2.20. The number of ketones is 1. The van der Waals surface area contributed by atoms with E-state index in [0.717, 1.165) is 0 Å². The molecule has 2 N–H and O–H groups in total. The molecule has 0 aromatic rings. The minimum atomic E-state index is -0.753. The lowest BCUT2D eigenvalue weighted by molar-refractivity contribution is -0.129. The molecule has 0 spiro atoms. The van der Waals surface area contributed by atoms with Gasteiger partial charge in [-0.3, -0.25) is 4.79 Å². The second-order valence-electron chi connectivity index (χ2n) is 7.15. The Morgan fingerprint density at radius 3 is 1.74 bits per heavy atom. The van der Waals surface area contributed by atoms with Crippen LogP contribution in [0.4, 0.5) is 0 Å². The van der Waals surface area contributed by atoms with Crippen molar-refractivity contribution in [1.29, 1.82) is 0 Å². The van der Waals surface area contributed by atoms with Crippen molar-refractivity contribution in [2.24, 2.45) is 5.92 Å². The highest BCUT2D eigenvalue weighted by molar-refractivity contribution is 5.80. The summed E-state index contributed by atoms with van der Waals surface area (Å²) in [6, 6.07) is 0. The van der Waals surface area contributed by atoms with Gasteiger partial charge < -0.3 is 19.7 Å². The standard InChI is InChI=1S/C18H36O5/c1-11(2)15(20)8-9-16(21)18(23-13(5)6)10-17(14(7)19)22-12(3)4/h11-14,16-19,21H,8-10H2,1-7H3. The fourth-order valence-electron chi connectivity index (χ4n) is 2.36. The van der Waals surface area contributed by atoms with E-state index in [-0.39, 0.29) is 23.9 Å². The number of rotatable bonds is 12. The molecule has 0 aliphatic carbocycles. The number of Topliss-reactive ketones (excluding diaryl/α,β-unsaturated/α-hetero) is 1. The van der Waals surface area contributed by atoms with Crippen LogP contribution in [0.25, 0.3) is 0 Å². The maximum atomic E-state index is 11.8. The molecular weight excluding hydrogens is 296 g/mol. The Labute approximate surface area is 141 Å². The summed E-state index contributed by atoms with van der Waals surface area (Å²) in [6.45, 7) is 13.0. The molecule has 0 aromatic heterocycles. The van der Waals surface area contributed by atoms with E-state index in [1.807, 2.05) is 41.5 Å². The largest absolute Gasteiger partial charge is 0.391 e. The van der Waals surface area contributed by atoms with Crippen molar-refractivity contribution in [2.45, 2.75) is 104 Å². The van der Waals surface area contributed by atoms with Gasteiger partial charge in [0, 0.05) is 18.8 Å². The lowest BCUT2D eigenvalue weighted by Gasteiger charge is -2.31. The lowest BCUT2D eigenvalue weighted by Crippen LogP contribution is -2.40. The monoisotopic (exact) mass is 332 g/mol. The molecule has 0 saturated carbocycles. The number of hydrogen-bond acceptors (Lipinski definition) is 5. The van der Waals surface area contributed by atoms with Crippen molar-refractivity contribution in [3.8, 4) is 0 Å². The maximum Gasteiger partial charge on any atom is 0.135 e. The molecule has 0 heterocycles. The van der Waals surface area contributed by atoms with Gasteiger partial charge in [-0.25, -0.2) is 0 Å². The Kier molecular flexibility index (Phi) is 10.9. The molecule has 23 heavy (non-hydrogen) atoms. The van der Waals surface area contributed by atoms with E-state index in [1.54, 1.807) is 6.92 Å². The van der Waals surface area contributed by atoms with Gasteiger partial charge in [0.2, 0.25) is 0 Å². The zero-order valence-electron chi connectivity index (χ0n) is 15.8. The molecule has 0 amide bonds. The minimum absolute atomic E-state index is 0.0195. The summed E-state index contributed by atoms with van der Waals surface area (Å²) in [5.41, 5.74) is 0. The van der Waals surface area contributed by atoms with Crippen LogP contribution < -0.4 is 0 Å². The van der Waals surface area contributed by atoms with E-state index in [2.05, 4.69) is 0 Å². The van der Waals surface area contributed by atoms with E-state index >= 15 is 0 Å². The Morgan fingerprint density at radius 1 is 0.870 bits per heavy atom. The molecule has 0 rings (SSSR count). The first-order valence-electron chi connectivity index (χ1n) is 8.74. The second-order valence-corrected chi connectivity index (χ2v) is 7.15. The van der Waals surface area contributed by atoms with Crippen molar-refractivity contribution < 1.29 is 24.5 Å². The summed E-state index contributed by atoms with van der Waals surface area (Å²) < 4.78 is 11.5. The van der Waals surface area contributed by atoms with Crippen molar-refractivity contribution >= 4 is 5.78 Å². The summed E-state index contributed by atoms with van der Waals surface area (Å²) in [6.07, 6.45) is -1.26. The third kappa shape index (κ3) is 10.1. The zero-order chi connectivity index (χ0) is 18.2. The lowest BCUT2D eigenvalue weighted by atomic mass is 9.96. The van der Waals surface area contributed by atoms with Gasteiger partial charge in [-0.2, -0.15) is 0 Å². The minimum Gasteiger partial charge on any atom is -0.391 e. The molecule has 0 fully saturated rings. The first kappa shape index (κ1) is 22.5. The molecule has 4 unspecified atom stereocenters. The maximum absolute atomic E-state index is 11.8. The Morgan fingerprint density at radius 2 is 1.35 bits per heavy atom. The van der Waals surface area contributed by atoms with E-state index in [0.29, 0.717) is 19.3 Å². The SMILES string of the molecule is CC(C)OC(CC(OC(C)C)C(O)CCC(=O)C(C)C)C(C)O.